The van der Waals surface area contributed by atoms with E-state index >= 15 is 0 Å². The summed E-state index contributed by atoms with van der Waals surface area (Å²) in [7, 11) is 0. The van der Waals surface area contributed by atoms with Crippen LogP contribution < -0.4 is 10.5 Å². The van der Waals surface area contributed by atoms with Gasteiger partial charge in [-0.25, -0.2) is 4.98 Å². The fraction of sp³-hybridized carbons (Fsp3) is 0.357. The average molecular weight is 241 g/mol. The summed E-state index contributed by atoms with van der Waals surface area (Å²) in [6.07, 6.45) is 4.92. The number of nitrogens with two attached hydrogens (primary N) is 1. The Kier molecular flexibility index (Phi) is 1.89. The van der Waals surface area contributed by atoms with Crippen LogP contribution in [0.2, 0.25) is 0 Å². The Balaban J connectivity index is 1.72. The van der Waals surface area contributed by atoms with Gasteiger partial charge >= 0.3 is 0 Å². The van der Waals surface area contributed by atoms with Crippen LogP contribution in [0.3, 0.4) is 0 Å². The van der Waals surface area contributed by atoms with Gasteiger partial charge in [0.2, 0.25) is 0 Å². The van der Waals surface area contributed by atoms with Crippen molar-refractivity contribution in [2.75, 3.05) is 6.61 Å². The second-order valence-electron chi connectivity index (χ2n) is 5.22. The van der Waals surface area contributed by atoms with Gasteiger partial charge in [-0.15, -0.1) is 0 Å². The van der Waals surface area contributed by atoms with Gasteiger partial charge in [-0.3, -0.25) is 0 Å². The Morgan fingerprint density at radius 3 is 3.06 bits per heavy atom. The van der Waals surface area contributed by atoms with Crippen molar-refractivity contribution in [3.63, 3.8) is 0 Å². The van der Waals surface area contributed by atoms with Crippen molar-refractivity contribution in [2.45, 2.75) is 24.8 Å². The van der Waals surface area contributed by atoms with Crippen molar-refractivity contribution in [3.8, 4) is 17.0 Å². The van der Waals surface area contributed by atoms with Gasteiger partial charge in [-0.2, -0.15) is 0 Å². The van der Waals surface area contributed by atoms with Crippen molar-refractivity contribution in [1.29, 1.82) is 0 Å². The normalized spacial score (nSPS) is 19.4. The molecule has 1 aromatic heterocycles. The molecule has 4 heteroatoms. The maximum absolute atomic E-state index is 6.14. The average Bonchev–Trinajstić information content (AvgIpc) is 2.89. The molecule has 92 valence electrons. The van der Waals surface area contributed by atoms with E-state index in [1.807, 2.05) is 12.3 Å². The van der Waals surface area contributed by atoms with Crippen molar-refractivity contribution >= 4 is 0 Å². The maximum Gasteiger partial charge on any atom is 0.126 e. The first-order valence-corrected chi connectivity index (χ1v) is 6.35. The summed E-state index contributed by atoms with van der Waals surface area (Å²) in [5.74, 6) is 1.92. The highest BCUT2D eigenvalue weighted by molar-refractivity contribution is 5.62. The number of nitrogens with one attached hydrogen (secondary N) is 1. The molecule has 0 atom stereocenters. The highest BCUT2D eigenvalue weighted by Crippen LogP contribution is 2.41. The van der Waals surface area contributed by atoms with Crippen molar-refractivity contribution in [2.24, 2.45) is 5.73 Å². The minimum Gasteiger partial charge on any atom is -0.493 e. The smallest absolute Gasteiger partial charge is 0.126 e. The summed E-state index contributed by atoms with van der Waals surface area (Å²) in [5.41, 5.74) is 9.41. The molecule has 0 amide bonds. The lowest BCUT2D eigenvalue weighted by Crippen LogP contribution is -2.20. The number of H-pyrrole nitrogens is 1. The van der Waals surface area contributed by atoms with Crippen LogP contribution >= 0.6 is 0 Å². The van der Waals surface area contributed by atoms with Gasteiger partial charge in [0, 0.05) is 12.0 Å². The highest BCUT2D eigenvalue weighted by Gasteiger charge is 2.42. The molecule has 1 aromatic carbocycles. The van der Waals surface area contributed by atoms with E-state index in [1.165, 1.54) is 5.56 Å². The molecule has 4 rings (SSSR count). The van der Waals surface area contributed by atoms with Crippen LogP contribution in [0, 0.1) is 0 Å². The predicted octanol–water partition coefficient (Wildman–Crippen LogP) is 1.96. The molecule has 4 nitrogen and oxygen atoms in total. The summed E-state index contributed by atoms with van der Waals surface area (Å²) >= 11 is 0. The predicted molar refractivity (Wildman–Crippen MR) is 68.3 cm³/mol. The molecule has 0 radical (unpaired) electrons. The van der Waals surface area contributed by atoms with Gasteiger partial charge in [0.15, 0.2) is 0 Å². The summed E-state index contributed by atoms with van der Waals surface area (Å²) in [6.45, 7) is 0.791. The monoisotopic (exact) mass is 241 g/mol. The van der Waals surface area contributed by atoms with E-state index in [1.54, 1.807) is 0 Å². The molecule has 1 saturated carbocycles. The van der Waals surface area contributed by atoms with Gasteiger partial charge in [-0.1, -0.05) is 0 Å². The third-order valence-corrected chi connectivity index (χ3v) is 3.84. The molecular formula is C14H15N3O. The molecule has 2 heterocycles. The first kappa shape index (κ1) is 10.1. The van der Waals surface area contributed by atoms with E-state index in [9.17, 15) is 0 Å². The standard InChI is InChI=1S/C14H15N3O/c15-14(4-5-14)13-16-8-11(17-13)9-1-2-12-10(7-9)3-6-18-12/h1-2,7-8H,3-6,15H2,(H,16,17). The molecule has 18 heavy (non-hydrogen) atoms. The molecule has 2 aromatic rings. The number of fused-ring (bicyclic) bond motifs is 1. The molecule has 3 N–H and O–H groups in total. The number of benzene rings is 1. The van der Waals surface area contributed by atoms with Crippen LogP contribution in [0.4, 0.5) is 0 Å². The summed E-state index contributed by atoms with van der Waals surface area (Å²) in [4.78, 5) is 7.75. The Morgan fingerprint density at radius 2 is 2.22 bits per heavy atom. The number of nitrogens with zero attached hydrogens (tertiary/aromatic N) is 1. The number of hydrogen-bond acceptors (Lipinski definition) is 3. The summed E-state index contributed by atoms with van der Waals surface area (Å²) < 4.78 is 5.51. The molecule has 0 bridgehead atoms. The minimum absolute atomic E-state index is 0.196. The number of ether oxygens (including phenoxy) is 1. The van der Waals surface area contributed by atoms with E-state index in [0.717, 1.165) is 48.7 Å². The molecular weight excluding hydrogens is 226 g/mol. The van der Waals surface area contributed by atoms with Crippen molar-refractivity contribution in [3.05, 3.63) is 35.8 Å². The third kappa shape index (κ3) is 1.46. The fourth-order valence-corrected chi connectivity index (χ4v) is 2.45. The van der Waals surface area contributed by atoms with Gasteiger partial charge < -0.3 is 15.5 Å². The lowest BCUT2D eigenvalue weighted by molar-refractivity contribution is 0.357. The number of aromatic nitrogens is 2. The molecule has 0 spiro atoms. The number of aromatic amines is 1. The third-order valence-electron chi connectivity index (χ3n) is 3.84. The first-order valence-electron chi connectivity index (χ1n) is 6.35. The van der Waals surface area contributed by atoms with Crippen LogP contribution in [0.5, 0.6) is 5.75 Å². The zero-order valence-corrected chi connectivity index (χ0v) is 10.1. The van der Waals surface area contributed by atoms with Crippen LogP contribution in [-0.4, -0.2) is 16.6 Å². The van der Waals surface area contributed by atoms with Crippen LogP contribution in [0.15, 0.2) is 24.4 Å². The van der Waals surface area contributed by atoms with Crippen molar-refractivity contribution < 1.29 is 4.74 Å². The van der Waals surface area contributed by atoms with E-state index in [-0.39, 0.29) is 5.54 Å². The van der Waals surface area contributed by atoms with E-state index < -0.39 is 0 Å². The quantitative estimate of drug-likeness (QED) is 0.844. The SMILES string of the molecule is NC1(c2ncc(-c3ccc4c(c3)CCO4)[nH]2)CC1. The second-order valence-corrected chi connectivity index (χ2v) is 5.22. The number of imidazole rings is 1. The molecule has 2 aliphatic rings. The Bertz CT molecular complexity index is 613. The Hall–Kier alpha value is -1.81. The Labute approximate surface area is 105 Å². The largest absolute Gasteiger partial charge is 0.493 e. The first-order chi connectivity index (χ1) is 8.74. The van der Waals surface area contributed by atoms with Crippen molar-refractivity contribution in [1.82, 2.24) is 9.97 Å². The van der Waals surface area contributed by atoms with Gasteiger partial charge in [0.1, 0.15) is 11.6 Å². The summed E-state index contributed by atoms with van der Waals surface area (Å²) in [5, 5.41) is 0. The van der Waals surface area contributed by atoms with Crippen LogP contribution in [0.25, 0.3) is 11.3 Å². The van der Waals surface area contributed by atoms with Crippen LogP contribution in [-0.2, 0) is 12.0 Å². The minimum atomic E-state index is -0.196. The maximum atomic E-state index is 6.14. The molecule has 1 fully saturated rings. The lowest BCUT2D eigenvalue weighted by Gasteiger charge is -2.04. The topological polar surface area (TPSA) is 63.9 Å². The molecule has 1 aliphatic heterocycles. The van der Waals surface area contributed by atoms with E-state index in [2.05, 4.69) is 22.1 Å². The van der Waals surface area contributed by atoms with Crippen LogP contribution in [0.1, 0.15) is 24.2 Å². The summed E-state index contributed by atoms with van der Waals surface area (Å²) in [6, 6.07) is 6.28. The Morgan fingerprint density at radius 1 is 1.33 bits per heavy atom. The number of rotatable bonds is 2. The van der Waals surface area contributed by atoms with E-state index in [4.69, 9.17) is 10.5 Å². The lowest BCUT2D eigenvalue weighted by atomic mass is 10.1. The zero-order valence-electron chi connectivity index (χ0n) is 10.1. The molecule has 1 aliphatic carbocycles. The second kappa shape index (κ2) is 3.36. The number of hydrogen-bond donors (Lipinski definition) is 2. The van der Waals surface area contributed by atoms with E-state index in [0.29, 0.717) is 0 Å². The van der Waals surface area contributed by atoms with Gasteiger partial charge in [-0.05, 0) is 36.6 Å². The van der Waals surface area contributed by atoms with Gasteiger partial charge in [0.25, 0.3) is 0 Å². The zero-order chi connectivity index (χ0) is 12.2. The molecule has 0 unspecified atom stereocenters. The highest BCUT2D eigenvalue weighted by atomic mass is 16.5. The van der Waals surface area contributed by atoms with Gasteiger partial charge in [0.05, 0.1) is 24.0 Å². The molecule has 0 saturated heterocycles. The fourth-order valence-electron chi connectivity index (χ4n) is 2.45.